The van der Waals surface area contributed by atoms with E-state index in [4.69, 9.17) is 29.7 Å². The van der Waals surface area contributed by atoms with E-state index < -0.39 is 46.5 Å². The minimum atomic E-state index is -5.08. The third-order valence-electron chi connectivity index (χ3n) is 0.728. The van der Waals surface area contributed by atoms with Crippen molar-refractivity contribution in [3.05, 3.63) is 0 Å². The highest BCUT2D eigenvalue weighted by Gasteiger charge is 2.39. The SMILES string of the molecule is CS(N)(=O)=O.O=C(O)C(F)(F)F.O=C(O)C(F)(F)F.O=C(O)C(F)(F)F. The summed E-state index contributed by atoms with van der Waals surface area (Å²) in [6.45, 7) is 0. The van der Waals surface area contributed by atoms with E-state index in [2.05, 4.69) is 5.14 Å². The van der Waals surface area contributed by atoms with E-state index in [1.165, 1.54) is 0 Å². The van der Waals surface area contributed by atoms with Gasteiger partial charge in [0.15, 0.2) is 0 Å². The van der Waals surface area contributed by atoms with E-state index in [0.29, 0.717) is 0 Å². The largest absolute Gasteiger partial charge is 0.490 e. The molecule has 0 aliphatic rings. The van der Waals surface area contributed by atoms with E-state index in [9.17, 15) is 47.9 Å². The van der Waals surface area contributed by atoms with Crippen LogP contribution in [-0.2, 0) is 24.4 Å². The smallest absolute Gasteiger partial charge is 0.475 e. The molecule has 5 N–H and O–H groups in total. The van der Waals surface area contributed by atoms with Crippen molar-refractivity contribution in [2.75, 3.05) is 6.26 Å². The molecule has 9 nitrogen and oxygen atoms in total. The Labute approximate surface area is 136 Å². The first kappa shape index (κ1) is 31.5. The van der Waals surface area contributed by atoms with Gasteiger partial charge in [0.05, 0.1) is 6.26 Å². The molecule has 0 heterocycles. The molecule has 0 aliphatic carbocycles. The molecule has 0 bridgehead atoms. The van der Waals surface area contributed by atoms with Gasteiger partial charge in [-0.2, -0.15) is 39.5 Å². The zero-order valence-corrected chi connectivity index (χ0v) is 12.6. The van der Waals surface area contributed by atoms with Crippen molar-refractivity contribution in [3.63, 3.8) is 0 Å². The van der Waals surface area contributed by atoms with Gasteiger partial charge in [0, 0.05) is 0 Å². The lowest BCUT2D eigenvalue weighted by molar-refractivity contribution is -0.193. The highest BCUT2D eigenvalue weighted by molar-refractivity contribution is 7.88. The maximum absolute atomic E-state index is 10.6. The van der Waals surface area contributed by atoms with E-state index >= 15 is 0 Å². The van der Waals surface area contributed by atoms with Crippen LogP contribution in [0.3, 0.4) is 0 Å². The van der Waals surface area contributed by atoms with Crippen LogP contribution < -0.4 is 5.14 Å². The van der Waals surface area contributed by atoms with Gasteiger partial charge in [-0.3, -0.25) is 0 Å². The Morgan fingerprint density at radius 2 is 0.692 bits per heavy atom. The zero-order valence-electron chi connectivity index (χ0n) is 11.8. The van der Waals surface area contributed by atoms with Gasteiger partial charge in [-0.15, -0.1) is 0 Å². The molecule has 0 radical (unpaired) electrons. The first-order chi connectivity index (χ1) is 10.8. The topological polar surface area (TPSA) is 172 Å². The average Bonchev–Trinajstić information content (AvgIpc) is 2.23. The van der Waals surface area contributed by atoms with Gasteiger partial charge in [-0.05, 0) is 0 Å². The van der Waals surface area contributed by atoms with Crippen LogP contribution in [0.1, 0.15) is 0 Å². The molecule has 0 saturated carbocycles. The van der Waals surface area contributed by atoms with Crippen LogP contribution in [0.5, 0.6) is 0 Å². The fraction of sp³-hybridized carbons (Fsp3) is 0.571. The second-order valence-electron chi connectivity index (χ2n) is 3.24. The van der Waals surface area contributed by atoms with Crippen LogP contribution in [0, 0.1) is 0 Å². The van der Waals surface area contributed by atoms with Crippen molar-refractivity contribution >= 4 is 27.9 Å². The number of aliphatic carboxylic acids is 3. The number of nitrogens with two attached hydrogens (primary N) is 1. The molecule has 0 unspecified atom stereocenters. The van der Waals surface area contributed by atoms with Gasteiger partial charge in [0.2, 0.25) is 10.0 Å². The minimum absolute atomic E-state index is 0.938. The van der Waals surface area contributed by atoms with Crippen LogP contribution in [0.2, 0.25) is 0 Å². The number of hydrogen-bond acceptors (Lipinski definition) is 5. The highest BCUT2D eigenvalue weighted by atomic mass is 32.2. The number of carboxylic acids is 3. The van der Waals surface area contributed by atoms with E-state index in [1.807, 2.05) is 0 Å². The number of carboxylic acid groups (broad SMARTS) is 3. The summed E-state index contributed by atoms with van der Waals surface area (Å²) in [6, 6.07) is 0. The Morgan fingerprint density at radius 1 is 0.654 bits per heavy atom. The quantitative estimate of drug-likeness (QED) is 0.403. The van der Waals surface area contributed by atoms with Crippen LogP contribution in [0.15, 0.2) is 0 Å². The molecular weight excluding hydrogens is 429 g/mol. The Morgan fingerprint density at radius 3 is 0.692 bits per heavy atom. The molecule has 0 aliphatic heterocycles. The molecular formula is C7H8F9NO8S. The van der Waals surface area contributed by atoms with Crippen LogP contribution in [0.25, 0.3) is 0 Å². The Hall–Kier alpha value is -2.31. The van der Waals surface area contributed by atoms with E-state index in [1.54, 1.807) is 0 Å². The van der Waals surface area contributed by atoms with Crippen molar-refractivity contribution in [2.24, 2.45) is 5.14 Å². The van der Waals surface area contributed by atoms with Gasteiger partial charge in [0.1, 0.15) is 0 Å². The van der Waals surface area contributed by atoms with Crippen molar-refractivity contribution in [3.8, 4) is 0 Å². The van der Waals surface area contributed by atoms with Crippen molar-refractivity contribution in [1.82, 2.24) is 0 Å². The normalized spacial score (nSPS) is 11.3. The molecule has 0 saturated heterocycles. The molecule has 0 amide bonds. The van der Waals surface area contributed by atoms with Crippen LogP contribution >= 0.6 is 0 Å². The summed E-state index contributed by atoms with van der Waals surface area (Å²) in [4.78, 5) is 26.7. The summed E-state index contributed by atoms with van der Waals surface area (Å²) in [5.41, 5.74) is 0. The fourth-order valence-electron chi connectivity index (χ4n) is 0. The van der Waals surface area contributed by atoms with Crippen molar-refractivity contribution < 1.29 is 77.6 Å². The van der Waals surface area contributed by atoms with Crippen LogP contribution in [-0.4, -0.2) is 66.4 Å². The summed E-state index contributed by atoms with van der Waals surface area (Å²) in [5.74, 6) is -8.27. The summed E-state index contributed by atoms with van der Waals surface area (Å²) >= 11 is 0. The minimum Gasteiger partial charge on any atom is -0.475 e. The lowest BCUT2D eigenvalue weighted by Crippen LogP contribution is -2.21. The summed E-state index contributed by atoms with van der Waals surface area (Å²) < 4.78 is 114. The van der Waals surface area contributed by atoms with E-state index in [0.717, 1.165) is 6.26 Å². The molecule has 0 aromatic rings. The summed E-state index contributed by atoms with van der Waals surface area (Å²) in [6.07, 6.45) is -14.3. The van der Waals surface area contributed by atoms with Gasteiger partial charge in [0.25, 0.3) is 0 Å². The Bertz CT molecular complexity index is 497. The number of primary sulfonamides is 1. The van der Waals surface area contributed by atoms with Gasteiger partial charge in [-0.25, -0.2) is 27.9 Å². The lowest BCUT2D eigenvalue weighted by Gasteiger charge is -1.93. The fourth-order valence-corrected chi connectivity index (χ4v) is 0. The second-order valence-corrected chi connectivity index (χ2v) is 4.90. The number of halogens is 9. The third kappa shape index (κ3) is 37.7. The first-order valence-corrected chi connectivity index (χ1v) is 6.67. The molecule has 0 fully saturated rings. The summed E-state index contributed by atoms with van der Waals surface area (Å²) in [5, 5.41) is 25.7. The Kier molecular flexibility index (Phi) is 13.7. The molecule has 19 heteroatoms. The molecule has 0 aromatic carbocycles. The standard InChI is InChI=1S/3C2HF3O2.CH5NO2S/c3*3-2(4,5)1(6)7;1-5(2,3)4/h3*(H,6,7);1H3,(H2,2,3,4). The first-order valence-electron chi connectivity index (χ1n) is 4.71. The number of sulfonamides is 1. The van der Waals surface area contributed by atoms with Crippen LogP contribution in [0.4, 0.5) is 39.5 Å². The predicted octanol–water partition coefficient (Wildman–Crippen LogP) is 0.805. The number of alkyl halides is 9. The molecule has 0 atom stereocenters. The number of carbonyl (C=O) groups is 3. The predicted molar refractivity (Wildman–Crippen MR) is 60.1 cm³/mol. The maximum atomic E-state index is 10.6. The van der Waals surface area contributed by atoms with Gasteiger partial charge >= 0.3 is 36.4 Å². The average molecular weight is 437 g/mol. The molecule has 158 valence electrons. The lowest BCUT2D eigenvalue weighted by atomic mass is 10.7. The number of hydrogen-bond donors (Lipinski definition) is 4. The molecule has 0 rings (SSSR count). The molecule has 0 spiro atoms. The second kappa shape index (κ2) is 11.3. The maximum Gasteiger partial charge on any atom is 0.490 e. The molecule has 0 aromatic heterocycles. The monoisotopic (exact) mass is 437 g/mol. The number of rotatable bonds is 0. The molecule has 26 heavy (non-hydrogen) atoms. The summed E-state index contributed by atoms with van der Waals surface area (Å²) in [7, 11) is -3.17. The van der Waals surface area contributed by atoms with Crippen molar-refractivity contribution in [2.45, 2.75) is 18.5 Å². The Balaban J connectivity index is -0.000000125. The van der Waals surface area contributed by atoms with Crippen molar-refractivity contribution in [1.29, 1.82) is 0 Å². The van der Waals surface area contributed by atoms with Gasteiger partial charge in [-0.1, -0.05) is 0 Å². The zero-order chi connectivity index (χ0) is 22.7. The third-order valence-corrected chi connectivity index (χ3v) is 0.728. The highest BCUT2D eigenvalue weighted by Crippen LogP contribution is 2.14. The van der Waals surface area contributed by atoms with Gasteiger partial charge < -0.3 is 15.3 Å². The van der Waals surface area contributed by atoms with E-state index in [-0.39, 0.29) is 0 Å².